The zero-order valence-electron chi connectivity index (χ0n) is 9.00. The van der Waals surface area contributed by atoms with E-state index in [1.165, 1.54) is 6.07 Å². The molecule has 3 heteroatoms. The second-order valence-electron chi connectivity index (χ2n) is 2.98. The SMILES string of the molecule is CC.Cc1cc(F)c2nc(C)cn2c1. The molecule has 0 bridgehead atoms. The number of hydrogen-bond donors (Lipinski definition) is 0. The van der Waals surface area contributed by atoms with Crippen LogP contribution in [-0.4, -0.2) is 9.38 Å². The van der Waals surface area contributed by atoms with Crippen LogP contribution in [0.5, 0.6) is 0 Å². The molecule has 14 heavy (non-hydrogen) atoms. The minimum Gasteiger partial charge on any atom is -0.304 e. The number of halogens is 1. The van der Waals surface area contributed by atoms with Crippen molar-refractivity contribution in [3.05, 3.63) is 35.5 Å². The molecule has 0 N–H and O–H groups in total. The van der Waals surface area contributed by atoms with Gasteiger partial charge >= 0.3 is 0 Å². The lowest BCUT2D eigenvalue weighted by atomic mass is 10.3. The molecule has 0 fully saturated rings. The Balaban J connectivity index is 0.000000461. The molecule has 0 spiro atoms. The number of hydrogen-bond acceptors (Lipinski definition) is 1. The monoisotopic (exact) mass is 194 g/mol. The maximum atomic E-state index is 13.2. The van der Waals surface area contributed by atoms with Crippen molar-refractivity contribution in [2.75, 3.05) is 0 Å². The molecule has 0 aromatic carbocycles. The van der Waals surface area contributed by atoms with Crippen LogP contribution in [0.15, 0.2) is 18.5 Å². The number of pyridine rings is 1. The van der Waals surface area contributed by atoms with Crippen LogP contribution in [0.3, 0.4) is 0 Å². The number of aryl methyl sites for hydroxylation is 2. The number of nitrogens with zero attached hydrogens (tertiary/aromatic N) is 2. The molecule has 2 rings (SSSR count). The van der Waals surface area contributed by atoms with Crippen LogP contribution in [0.4, 0.5) is 4.39 Å². The fourth-order valence-corrected chi connectivity index (χ4v) is 1.31. The lowest BCUT2D eigenvalue weighted by molar-refractivity contribution is 0.628. The minimum absolute atomic E-state index is 0.261. The van der Waals surface area contributed by atoms with E-state index in [0.717, 1.165) is 11.3 Å². The summed E-state index contributed by atoms with van der Waals surface area (Å²) in [5.74, 6) is -0.261. The minimum atomic E-state index is -0.261. The van der Waals surface area contributed by atoms with Gasteiger partial charge in [0.15, 0.2) is 11.5 Å². The van der Waals surface area contributed by atoms with Crippen LogP contribution in [0, 0.1) is 19.7 Å². The summed E-state index contributed by atoms with van der Waals surface area (Å²) in [6, 6.07) is 1.49. The Bertz CT molecular complexity index is 432. The van der Waals surface area contributed by atoms with Crippen LogP contribution in [-0.2, 0) is 0 Å². The highest BCUT2D eigenvalue weighted by molar-refractivity contribution is 5.42. The van der Waals surface area contributed by atoms with Gasteiger partial charge in [-0.15, -0.1) is 0 Å². The maximum Gasteiger partial charge on any atom is 0.173 e. The van der Waals surface area contributed by atoms with Gasteiger partial charge in [0.05, 0.1) is 5.69 Å². The summed E-state index contributed by atoms with van der Waals surface area (Å²) < 4.78 is 14.9. The van der Waals surface area contributed by atoms with Gasteiger partial charge in [0.2, 0.25) is 0 Å². The zero-order chi connectivity index (χ0) is 10.7. The first-order valence-corrected chi connectivity index (χ1v) is 4.78. The standard InChI is InChI=1S/C9H9FN2.C2H6/c1-6-3-8(10)9-11-7(2)5-12(9)4-6;1-2/h3-5H,1-2H3;1-2H3. The van der Waals surface area contributed by atoms with E-state index in [1.807, 2.05) is 40.1 Å². The Morgan fingerprint density at radius 2 is 1.86 bits per heavy atom. The Kier molecular flexibility index (Phi) is 3.23. The quantitative estimate of drug-likeness (QED) is 0.629. The summed E-state index contributed by atoms with van der Waals surface area (Å²) in [5, 5.41) is 0. The second-order valence-corrected chi connectivity index (χ2v) is 2.98. The number of rotatable bonds is 0. The molecule has 0 amide bonds. The van der Waals surface area contributed by atoms with Gasteiger partial charge in [0, 0.05) is 12.4 Å². The van der Waals surface area contributed by atoms with Crippen molar-refractivity contribution in [1.82, 2.24) is 9.38 Å². The highest BCUT2D eigenvalue weighted by Gasteiger charge is 2.03. The van der Waals surface area contributed by atoms with Gasteiger partial charge in [-0.25, -0.2) is 9.37 Å². The molecule has 0 unspecified atom stereocenters. The first-order chi connectivity index (χ1) is 6.66. The van der Waals surface area contributed by atoms with Gasteiger partial charge in [-0.2, -0.15) is 0 Å². The first-order valence-electron chi connectivity index (χ1n) is 4.78. The molecule has 0 saturated carbocycles. The highest BCUT2D eigenvalue weighted by Crippen LogP contribution is 2.11. The average Bonchev–Trinajstić information content (AvgIpc) is 2.49. The lowest BCUT2D eigenvalue weighted by Crippen LogP contribution is -1.89. The number of imidazole rings is 1. The van der Waals surface area contributed by atoms with Gasteiger partial charge in [-0.1, -0.05) is 13.8 Å². The van der Waals surface area contributed by atoms with E-state index in [4.69, 9.17) is 0 Å². The molecular weight excluding hydrogens is 179 g/mol. The van der Waals surface area contributed by atoms with Crippen molar-refractivity contribution in [1.29, 1.82) is 0 Å². The summed E-state index contributed by atoms with van der Waals surface area (Å²) in [6.07, 6.45) is 3.67. The lowest BCUT2D eigenvalue weighted by Gasteiger charge is -1.96. The first kappa shape index (κ1) is 10.7. The molecule has 76 valence electrons. The second kappa shape index (κ2) is 4.22. The van der Waals surface area contributed by atoms with Crippen molar-refractivity contribution in [2.24, 2.45) is 0 Å². The number of aromatic nitrogens is 2. The van der Waals surface area contributed by atoms with Crippen LogP contribution < -0.4 is 0 Å². The highest BCUT2D eigenvalue weighted by atomic mass is 19.1. The fraction of sp³-hybridized carbons (Fsp3) is 0.364. The molecule has 0 aliphatic carbocycles. The van der Waals surface area contributed by atoms with E-state index in [9.17, 15) is 4.39 Å². The molecule has 2 aromatic heterocycles. The fourth-order valence-electron chi connectivity index (χ4n) is 1.31. The van der Waals surface area contributed by atoms with Crippen LogP contribution in [0.1, 0.15) is 25.1 Å². The normalized spacial score (nSPS) is 9.79. The van der Waals surface area contributed by atoms with Gasteiger partial charge in [0.1, 0.15) is 0 Å². The molecule has 0 aliphatic rings. The third-order valence-electron chi connectivity index (χ3n) is 1.76. The zero-order valence-corrected chi connectivity index (χ0v) is 9.00. The van der Waals surface area contributed by atoms with E-state index in [1.54, 1.807) is 4.40 Å². The molecule has 0 aliphatic heterocycles. The smallest absolute Gasteiger partial charge is 0.173 e. The van der Waals surface area contributed by atoms with Crippen LogP contribution in [0.2, 0.25) is 0 Å². The molecule has 2 heterocycles. The summed E-state index contributed by atoms with van der Waals surface area (Å²) >= 11 is 0. The predicted molar refractivity (Wildman–Crippen MR) is 56.0 cm³/mol. The van der Waals surface area contributed by atoms with Crippen molar-refractivity contribution < 1.29 is 4.39 Å². The predicted octanol–water partition coefficient (Wildman–Crippen LogP) is 3.12. The molecule has 2 nitrogen and oxygen atoms in total. The van der Waals surface area contributed by atoms with Crippen molar-refractivity contribution >= 4 is 5.65 Å². The third kappa shape index (κ3) is 1.92. The average molecular weight is 194 g/mol. The van der Waals surface area contributed by atoms with Crippen molar-refractivity contribution in [3.63, 3.8) is 0 Å². The Morgan fingerprint density at radius 3 is 2.50 bits per heavy atom. The van der Waals surface area contributed by atoms with Gasteiger partial charge < -0.3 is 4.40 Å². The van der Waals surface area contributed by atoms with E-state index in [-0.39, 0.29) is 5.82 Å². The molecular formula is C11H15FN2. The van der Waals surface area contributed by atoms with E-state index in [0.29, 0.717) is 5.65 Å². The Morgan fingerprint density at radius 1 is 1.21 bits per heavy atom. The summed E-state index contributed by atoms with van der Waals surface area (Å²) in [7, 11) is 0. The molecule has 0 atom stereocenters. The van der Waals surface area contributed by atoms with Crippen molar-refractivity contribution in [2.45, 2.75) is 27.7 Å². The van der Waals surface area contributed by atoms with Crippen molar-refractivity contribution in [3.8, 4) is 0 Å². The number of fused-ring (bicyclic) bond motifs is 1. The van der Waals surface area contributed by atoms with Gasteiger partial charge in [-0.05, 0) is 25.5 Å². The van der Waals surface area contributed by atoms with E-state index in [2.05, 4.69) is 4.98 Å². The van der Waals surface area contributed by atoms with Gasteiger partial charge in [0.25, 0.3) is 0 Å². The summed E-state index contributed by atoms with van der Waals surface area (Å²) in [6.45, 7) is 7.71. The molecule has 0 saturated heterocycles. The topological polar surface area (TPSA) is 17.3 Å². The summed E-state index contributed by atoms with van der Waals surface area (Å²) in [5.41, 5.74) is 2.13. The van der Waals surface area contributed by atoms with Crippen LogP contribution in [0.25, 0.3) is 5.65 Å². The Labute approximate surface area is 83.4 Å². The largest absolute Gasteiger partial charge is 0.304 e. The maximum absolute atomic E-state index is 13.2. The Hall–Kier alpha value is -1.38. The van der Waals surface area contributed by atoms with Gasteiger partial charge in [-0.3, -0.25) is 0 Å². The van der Waals surface area contributed by atoms with E-state index >= 15 is 0 Å². The molecule has 0 radical (unpaired) electrons. The molecule has 2 aromatic rings. The van der Waals surface area contributed by atoms with Crippen LogP contribution >= 0.6 is 0 Å². The third-order valence-corrected chi connectivity index (χ3v) is 1.76. The summed E-state index contributed by atoms with van der Waals surface area (Å²) in [4.78, 5) is 4.04. The van der Waals surface area contributed by atoms with E-state index < -0.39 is 0 Å².